The van der Waals surface area contributed by atoms with Crippen LogP contribution in [0.2, 0.25) is 0 Å². The van der Waals surface area contributed by atoms with Crippen molar-refractivity contribution in [1.82, 2.24) is 9.80 Å². The predicted molar refractivity (Wildman–Crippen MR) is 133 cm³/mol. The molecule has 5 heteroatoms. The van der Waals surface area contributed by atoms with E-state index >= 15 is 0 Å². The molecule has 0 unspecified atom stereocenters. The zero-order valence-corrected chi connectivity index (χ0v) is 20.0. The van der Waals surface area contributed by atoms with Crippen LogP contribution in [0, 0.1) is 5.41 Å². The number of rotatable bonds is 5. The minimum atomic E-state index is 0.172. The molecule has 2 aliphatic heterocycles. The van der Waals surface area contributed by atoms with Crippen LogP contribution in [0.25, 0.3) is 0 Å². The Balaban J connectivity index is 1.12. The minimum absolute atomic E-state index is 0.172. The molecule has 2 aromatic carbocycles. The van der Waals surface area contributed by atoms with Gasteiger partial charge in [0.15, 0.2) is 12.4 Å². The van der Waals surface area contributed by atoms with Gasteiger partial charge < -0.3 is 9.64 Å². The van der Waals surface area contributed by atoms with Crippen LogP contribution < -0.4 is 9.30 Å². The second-order valence-corrected chi connectivity index (χ2v) is 9.88. The maximum atomic E-state index is 12.9. The standard InChI is InChI=1S/C29H34N3O2/c1-30-16-10-25(11-17-30)28(33)32-20-14-29(15-21-32)12-18-31(19-13-29)23-24-6-5-9-27(22-24)34-26-7-3-2-4-8-26/h2-11,16-17,22H,12-15,18-21,23H2,1H3/q+1. The summed E-state index contributed by atoms with van der Waals surface area (Å²) in [6.07, 6.45) is 8.56. The van der Waals surface area contributed by atoms with Crippen molar-refractivity contribution < 1.29 is 14.1 Å². The van der Waals surface area contributed by atoms with Gasteiger partial charge in [-0.1, -0.05) is 30.3 Å². The molecule has 176 valence electrons. The lowest BCUT2D eigenvalue weighted by molar-refractivity contribution is -0.671. The second-order valence-electron chi connectivity index (χ2n) is 9.88. The van der Waals surface area contributed by atoms with Gasteiger partial charge in [-0.15, -0.1) is 0 Å². The van der Waals surface area contributed by atoms with Crippen LogP contribution >= 0.6 is 0 Å². The number of aryl methyl sites for hydroxylation is 1. The van der Waals surface area contributed by atoms with Crippen molar-refractivity contribution in [2.24, 2.45) is 12.5 Å². The predicted octanol–water partition coefficient (Wildman–Crippen LogP) is 4.82. The lowest BCUT2D eigenvalue weighted by Gasteiger charge is -2.47. The molecule has 1 aromatic heterocycles. The third-order valence-corrected chi connectivity index (χ3v) is 7.54. The highest BCUT2D eigenvalue weighted by Gasteiger charge is 2.38. The smallest absolute Gasteiger partial charge is 0.254 e. The van der Waals surface area contributed by atoms with E-state index in [2.05, 4.69) is 23.1 Å². The lowest BCUT2D eigenvalue weighted by Crippen LogP contribution is -2.48. The SMILES string of the molecule is C[n+]1ccc(C(=O)N2CCC3(CCN(Cc4cccc(Oc5ccccc5)c4)CC3)CC2)cc1. The summed E-state index contributed by atoms with van der Waals surface area (Å²) in [6, 6.07) is 22.2. The van der Waals surface area contributed by atoms with Crippen LogP contribution in [-0.4, -0.2) is 41.9 Å². The summed E-state index contributed by atoms with van der Waals surface area (Å²) in [5, 5.41) is 0. The molecule has 2 aliphatic rings. The molecule has 0 aliphatic carbocycles. The highest BCUT2D eigenvalue weighted by atomic mass is 16.5. The molecule has 0 saturated carbocycles. The molecule has 0 radical (unpaired) electrons. The number of piperidine rings is 2. The van der Waals surface area contributed by atoms with Crippen molar-refractivity contribution >= 4 is 5.91 Å². The highest BCUT2D eigenvalue weighted by Crippen LogP contribution is 2.41. The van der Waals surface area contributed by atoms with E-state index < -0.39 is 0 Å². The van der Waals surface area contributed by atoms with Crippen molar-refractivity contribution in [3.8, 4) is 11.5 Å². The number of hydrogen-bond donors (Lipinski definition) is 0. The molecular formula is C29H34N3O2+. The fourth-order valence-corrected chi connectivity index (χ4v) is 5.29. The van der Waals surface area contributed by atoms with E-state index in [1.54, 1.807) is 0 Å². The van der Waals surface area contributed by atoms with Gasteiger partial charge in [-0.3, -0.25) is 9.69 Å². The number of carbonyl (C=O) groups is 1. The number of amides is 1. The van der Waals surface area contributed by atoms with Crippen molar-refractivity contribution in [3.63, 3.8) is 0 Å². The van der Waals surface area contributed by atoms with Gasteiger partial charge in [-0.2, -0.15) is 0 Å². The summed E-state index contributed by atoms with van der Waals surface area (Å²) >= 11 is 0. The van der Waals surface area contributed by atoms with Crippen molar-refractivity contribution in [1.29, 1.82) is 0 Å². The van der Waals surface area contributed by atoms with Crippen LogP contribution in [0.1, 0.15) is 41.6 Å². The van der Waals surface area contributed by atoms with Gasteiger partial charge in [-0.25, -0.2) is 4.57 Å². The van der Waals surface area contributed by atoms with Crippen molar-refractivity contribution in [2.75, 3.05) is 26.2 Å². The van der Waals surface area contributed by atoms with Gasteiger partial charge in [-0.05, 0) is 74.0 Å². The number of pyridine rings is 1. The average Bonchev–Trinajstić information content (AvgIpc) is 2.87. The first kappa shape index (κ1) is 22.6. The van der Waals surface area contributed by atoms with Crippen LogP contribution in [0.15, 0.2) is 79.1 Å². The lowest BCUT2D eigenvalue weighted by atomic mass is 9.71. The maximum Gasteiger partial charge on any atom is 0.254 e. The Morgan fingerprint density at radius 2 is 1.50 bits per heavy atom. The van der Waals surface area contributed by atoms with Gasteiger partial charge in [0.1, 0.15) is 18.5 Å². The molecule has 2 fully saturated rings. The Labute approximate surface area is 202 Å². The number of para-hydroxylation sites is 1. The summed E-state index contributed by atoms with van der Waals surface area (Å²) in [5.41, 5.74) is 2.48. The Kier molecular flexibility index (Phi) is 6.63. The fraction of sp³-hybridized carbons (Fsp3) is 0.379. The third kappa shape index (κ3) is 5.31. The number of benzene rings is 2. The molecule has 0 N–H and O–H groups in total. The number of nitrogens with zero attached hydrogens (tertiary/aromatic N) is 3. The number of hydrogen-bond acceptors (Lipinski definition) is 3. The Bertz CT molecular complexity index is 1100. The summed E-state index contributed by atoms with van der Waals surface area (Å²) in [4.78, 5) is 17.5. The quantitative estimate of drug-likeness (QED) is 0.517. The van der Waals surface area contributed by atoms with E-state index in [4.69, 9.17) is 4.74 Å². The summed E-state index contributed by atoms with van der Waals surface area (Å²) < 4.78 is 7.97. The van der Waals surface area contributed by atoms with Crippen LogP contribution in [0.3, 0.4) is 0 Å². The van der Waals surface area contributed by atoms with Crippen LogP contribution in [0.4, 0.5) is 0 Å². The summed E-state index contributed by atoms with van der Waals surface area (Å²) in [7, 11) is 1.97. The van der Waals surface area contributed by atoms with Gasteiger partial charge in [0.05, 0.1) is 5.56 Å². The summed E-state index contributed by atoms with van der Waals surface area (Å²) in [6.45, 7) is 4.94. The first-order valence-corrected chi connectivity index (χ1v) is 12.4. The molecule has 1 amide bonds. The molecule has 34 heavy (non-hydrogen) atoms. The van der Waals surface area contributed by atoms with Gasteiger partial charge in [0.2, 0.25) is 0 Å². The van der Waals surface area contributed by atoms with Crippen molar-refractivity contribution in [3.05, 3.63) is 90.3 Å². The summed E-state index contributed by atoms with van der Waals surface area (Å²) in [5.74, 6) is 1.93. The molecule has 0 atom stereocenters. The Hall–Kier alpha value is -3.18. The first-order valence-electron chi connectivity index (χ1n) is 12.4. The molecule has 2 saturated heterocycles. The average molecular weight is 457 g/mol. The molecular weight excluding hydrogens is 422 g/mol. The first-order chi connectivity index (χ1) is 16.6. The number of ether oxygens (including phenoxy) is 1. The Morgan fingerprint density at radius 3 is 2.21 bits per heavy atom. The van der Waals surface area contributed by atoms with Gasteiger partial charge in [0.25, 0.3) is 5.91 Å². The second kappa shape index (κ2) is 9.98. The van der Waals surface area contributed by atoms with Gasteiger partial charge in [0, 0.05) is 31.8 Å². The van der Waals surface area contributed by atoms with Crippen LogP contribution in [0.5, 0.6) is 11.5 Å². The van der Waals surface area contributed by atoms with E-state index in [9.17, 15) is 4.79 Å². The van der Waals surface area contributed by atoms with E-state index in [-0.39, 0.29) is 5.91 Å². The zero-order valence-electron chi connectivity index (χ0n) is 20.0. The third-order valence-electron chi connectivity index (χ3n) is 7.54. The van der Waals surface area contributed by atoms with Gasteiger partial charge >= 0.3 is 0 Å². The van der Waals surface area contributed by atoms with E-state index in [1.807, 2.05) is 77.4 Å². The molecule has 3 heterocycles. The molecule has 1 spiro atoms. The zero-order chi connectivity index (χ0) is 23.4. The highest BCUT2D eigenvalue weighted by molar-refractivity contribution is 5.94. The van der Waals surface area contributed by atoms with Crippen LogP contribution in [-0.2, 0) is 13.6 Å². The largest absolute Gasteiger partial charge is 0.457 e. The Morgan fingerprint density at radius 1 is 0.853 bits per heavy atom. The van der Waals surface area contributed by atoms with E-state index in [0.29, 0.717) is 5.41 Å². The van der Waals surface area contributed by atoms with Crippen molar-refractivity contribution in [2.45, 2.75) is 32.2 Å². The van der Waals surface area contributed by atoms with E-state index in [0.717, 1.165) is 62.6 Å². The minimum Gasteiger partial charge on any atom is -0.457 e. The van der Waals surface area contributed by atoms with E-state index in [1.165, 1.54) is 18.4 Å². The molecule has 3 aromatic rings. The number of carbonyl (C=O) groups excluding carboxylic acids is 1. The fourth-order valence-electron chi connectivity index (χ4n) is 5.29. The number of likely N-dealkylation sites (tertiary alicyclic amines) is 2. The molecule has 5 rings (SSSR count). The maximum absolute atomic E-state index is 12.9. The topological polar surface area (TPSA) is 36.7 Å². The molecule has 5 nitrogen and oxygen atoms in total. The normalized spacial score (nSPS) is 18.1. The monoisotopic (exact) mass is 456 g/mol. The molecule has 0 bridgehead atoms. The number of aromatic nitrogens is 1.